The van der Waals surface area contributed by atoms with Gasteiger partial charge in [0.1, 0.15) is 0 Å². The summed E-state index contributed by atoms with van der Waals surface area (Å²) >= 11 is 0. The lowest BCUT2D eigenvalue weighted by Crippen LogP contribution is -2.14. The van der Waals surface area contributed by atoms with Crippen LogP contribution >= 0.6 is 0 Å². The fourth-order valence-corrected chi connectivity index (χ4v) is 2.22. The zero-order chi connectivity index (χ0) is 14.8. The van der Waals surface area contributed by atoms with E-state index in [1.54, 1.807) is 6.07 Å². The van der Waals surface area contributed by atoms with Crippen LogP contribution < -0.4 is 5.32 Å². The summed E-state index contributed by atoms with van der Waals surface area (Å²) in [7, 11) is 0. The summed E-state index contributed by atoms with van der Waals surface area (Å²) in [6.07, 6.45) is -0.752. The number of aromatic nitrogens is 1. The van der Waals surface area contributed by atoms with Crippen molar-refractivity contribution in [2.24, 2.45) is 0 Å². The Labute approximate surface area is 116 Å². The van der Waals surface area contributed by atoms with Crippen LogP contribution in [0.3, 0.4) is 0 Å². The third-order valence-corrected chi connectivity index (χ3v) is 3.19. The van der Waals surface area contributed by atoms with E-state index in [2.05, 4.69) is 24.1 Å². The maximum atomic E-state index is 12.7. The number of hydrogen-bond acceptors (Lipinski definition) is 2. The Morgan fingerprint density at radius 3 is 2.65 bits per heavy atom. The minimum absolute atomic E-state index is 0.271. The third-order valence-electron chi connectivity index (χ3n) is 3.19. The summed E-state index contributed by atoms with van der Waals surface area (Å²) in [6, 6.07) is 5.73. The monoisotopic (exact) mass is 282 g/mol. The van der Waals surface area contributed by atoms with Crippen molar-refractivity contribution >= 4 is 16.6 Å². The Balaban J connectivity index is 2.38. The van der Waals surface area contributed by atoms with Gasteiger partial charge in [0.2, 0.25) is 0 Å². The highest BCUT2D eigenvalue weighted by molar-refractivity contribution is 5.91. The Morgan fingerprint density at radius 1 is 1.25 bits per heavy atom. The van der Waals surface area contributed by atoms with Crippen molar-refractivity contribution in [1.82, 2.24) is 4.98 Å². The van der Waals surface area contributed by atoms with Crippen molar-refractivity contribution in [2.75, 3.05) is 5.32 Å². The standard InChI is InChI=1S/C15H17F3N2/c1-3-4-10(2)20-13-7-8-19-14-9-11(15(16,17)18)5-6-12(13)14/h5-10H,3-4H2,1-2H3,(H,19,20)/t10-/m1/s1. The summed E-state index contributed by atoms with van der Waals surface area (Å²) < 4.78 is 38.1. The molecular weight excluding hydrogens is 265 g/mol. The average molecular weight is 282 g/mol. The quantitative estimate of drug-likeness (QED) is 0.866. The molecule has 0 saturated heterocycles. The third kappa shape index (κ3) is 3.21. The van der Waals surface area contributed by atoms with Gasteiger partial charge in [0, 0.05) is 23.3 Å². The van der Waals surface area contributed by atoms with Crippen LogP contribution in [0.4, 0.5) is 18.9 Å². The summed E-state index contributed by atoms with van der Waals surface area (Å²) in [5, 5.41) is 4.03. The van der Waals surface area contributed by atoms with Crippen LogP contribution in [-0.2, 0) is 6.18 Å². The number of rotatable bonds is 4. The SMILES string of the molecule is CCC[C@@H](C)Nc1ccnc2cc(C(F)(F)F)ccc12. The van der Waals surface area contributed by atoms with E-state index in [9.17, 15) is 13.2 Å². The van der Waals surface area contributed by atoms with Gasteiger partial charge in [-0.25, -0.2) is 0 Å². The van der Waals surface area contributed by atoms with Gasteiger partial charge >= 0.3 is 6.18 Å². The Bertz CT molecular complexity index is 593. The molecule has 0 spiro atoms. The lowest BCUT2D eigenvalue weighted by Gasteiger charge is -2.16. The molecule has 1 heterocycles. The second-order valence-corrected chi connectivity index (χ2v) is 4.92. The number of anilines is 1. The van der Waals surface area contributed by atoms with Gasteiger partial charge < -0.3 is 5.32 Å². The van der Waals surface area contributed by atoms with E-state index in [0.29, 0.717) is 10.9 Å². The minimum atomic E-state index is -4.34. The van der Waals surface area contributed by atoms with Crippen LogP contribution in [0.1, 0.15) is 32.3 Å². The fraction of sp³-hybridized carbons (Fsp3) is 0.400. The molecule has 0 radical (unpaired) electrons. The van der Waals surface area contributed by atoms with Gasteiger partial charge in [0.15, 0.2) is 0 Å². The molecule has 0 saturated carbocycles. The topological polar surface area (TPSA) is 24.9 Å². The van der Waals surface area contributed by atoms with Crippen LogP contribution in [0.2, 0.25) is 0 Å². The van der Waals surface area contributed by atoms with Crippen LogP contribution in [0.5, 0.6) is 0 Å². The van der Waals surface area contributed by atoms with E-state index in [0.717, 1.165) is 30.7 Å². The maximum absolute atomic E-state index is 12.7. The van der Waals surface area contributed by atoms with Crippen LogP contribution in [0.25, 0.3) is 10.9 Å². The molecule has 1 aromatic carbocycles. The molecule has 0 aliphatic carbocycles. The largest absolute Gasteiger partial charge is 0.416 e. The second kappa shape index (κ2) is 5.69. The lowest BCUT2D eigenvalue weighted by atomic mass is 10.1. The van der Waals surface area contributed by atoms with E-state index < -0.39 is 11.7 Å². The molecule has 20 heavy (non-hydrogen) atoms. The van der Waals surface area contributed by atoms with E-state index in [1.807, 2.05) is 0 Å². The van der Waals surface area contributed by atoms with Crippen molar-refractivity contribution < 1.29 is 13.2 Å². The zero-order valence-electron chi connectivity index (χ0n) is 11.5. The summed E-state index contributed by atoms with van der Waals surface area (Å²) in [6.45, 7) is 4.15. The van der Waals surface area contributed by atoms with Gasteiger partial charge in [0.25, 0.3) is 0 Å². The number of hydrogen-bond donors (Lipinski definition) is 1. The molecule has 2 aromatic rings. The molecule has 1 N–H and O–H groups in total. The molecule has 1 atom stereocenters. The molecule has 0 aliphatic rings. The molecule has 0 unspecified atom stereocenters. The Morgan fingerprint density at radius 2 is 2.00 bits per heavy atom. The molecule has 2 rings (SSSR count). The highest BCUT2D eigenvalue weighted by Gasteiger charge is 2.30. The van der Waals surface area contributed by atoms with Crippen molar-refractivity contribution in [1.29, 1.82) is 0 Å². The summed E-state index contributed by atoms with van der Waals surface area (Å²) in [4.78, 5) is 4.03. The van der Waals surface area contributed by atoms with Crippen molar-refractivity contribution in [2.45, 2.75) is 38.9 Å². The predicted molar refractivity (Wildman–Crippen MR) is 74.7 cm³/mol. The highest BCUT2D eigenvalue weighted by atomic mass is 19.4. The van der Waals surface area contributed by atoms with Crippen LogP contribution in [-0.4, -0.2) is 11.0 Å². The van der Waals surface area contributed by atoms with Gasteiger partial charge in [0.05, 0.1) is 11.1 Å². The predicted octanol–water partition coefficient (Wildman–Crippen LogP) is 4.85. The molecule has 108 valence electrons. The van der Waals surface area contributed by atoms with Crippen molar-refractivity contribution in [3.63, 3.8) is 0 Å². The van der Waals surface area contributed by atoms with E-state index >= 15 is 0 Å². The van der Waals surface area contributed by atoms with E-state index in [-0.39, 0.29) is 6.04 Å². The highest BCUT2D eigenvalue weighted by Crippen LogP contribution is 2.32. The smallest absolute Gasteiger partial charge is 0.382 e. The van der Waals surface area contributed by atoms with Crippen LogP contribution in [0, 0.1) is 0 Å². The minimum Gasteiger partial charge on any atom is -0.382 e. The maximum Gasteiger partial charge on any atom is 0.416 e. The second-order valence-electron chi connectivity index (χ2n) is 4.92. The number of pyridine rings is 1. The number of halogens is 3. The van der Waals surface area contributed by atoms with Gasteiger partial charge in [-0.05, 0) is 31.5 Å². The van der Waals surface area contributed by atoms with Gasteiger partial charge in [-0.1, -0.05) is 19.4 Å². The Kier molecular flexibility index (Phi) is 4.16. The number of fused-ring (bicyclic) bond motifs is 1. The van der Waals surface area contributed by atoms with Crippen molar-refractivity contribution in [3.8, 4) is 0 Å². The first-order valence-electron chi connectivity index (χ1n) is 6.64. The normalized spacial score (nSPS) is 13.4. The van der Waals surface area contributed by atoms with Gasteiger partial charge in [-0.2, -0.15) is 13.2 Å². The number of benzene rings is 1. The van der Waals surface area contributed by atoms with Crippen LogP contribution in [0.15, 0.2) is 30.5 Å². The molecule has 0 bridgehead atoms. The Hall–Kier alpha value is -1.78. The number of nitrogens with one attached hydrogen (secondary N) is 1. The van der Waals surface area contributed by atoms with E-state index in [4.69, 9.17) is 0 Å². The molecule has 0 amide bonds. The molecule has 0 fully saturated rings. The van der Waals surface area contributed by atoms with E-state index in [1.165, 1.54) is 12.3 Å². The first kappa shape index (κ1) is 14.6. The first-order valence-corrected chi connectivity index (χ1v) is 6.64. The van der Waals surface area contributed by atoms with Crippen molar-refractivity contribution in [3.05, 3.63) is 36.0 Å². The van der Waals surface area contributed by atoms with Gasteiger partial charge in [-0.15, -0.1) is 0 Å². The molecular formula is C15H17F3N2. The number of alkyl halides is 3. The lowest BCUT2D eigenvalue weighted by molar-refractivity contribution is -0.137. The molecule has 0 aliphatic heterocycles. The summed E-state index contributed by atoms with van der Waals surface area (Å²) in [5.41, 5.74) is 0.509. The molecule has 2 nitrogen and oxygen atoms in total. The molecule has 1 aromatic heterocycles. The average Bonchev–Trinajstić information content (AvgIpc) is 2.37. The first-order chi connectivity index (χ1) is 9.41. The van der Waals surface area contributed by atoms with Gasteiger partial charge in [-0.3, -0.25) is 4.98 Å². The fourth-order valence-electron chi connectivity index (χ4n) is 2.22. The summed E-state index contributed by atoms with van der Waals surface area (Å²) in [5.74, 6) is 0. The molecule has 5 heteroatoms. The zero-order valence-corrected chi connectivity index (χ0v) is 11.5. The number of nitrogens with zero attached hydrogens (tertiary/aromatic N) is 1.